The lowest BCUT2D eigenvalue weighted by Crippen LogP contribution is -2.42. The van der Waals surface area contributed by atoms with Crippen molar-refractivity contribution in [3.63, 3.8) is 0 Å². The molecule has 3 heteroatoms. The number of carbonyl (C=O) groups is 1. The summed E-state index contributed by atoms with van der Waals surface area (Å²) in [4.78, 5) is 11.3. The predicted molar refractivity (Wildman–Crippen MR) is 53.5 cm³/mol. The van der Waals surface area contributed by atoms with Crippen molar-refractivity contribution >= 4 is 5.97 Å². The van der Waals surface area contributed by atoms with Gasteiger partial charge in [-0.3, -0.25) is 4.79 Å². The minimum absolute atomic E-state index is 0.162. The molecule has 13 heavy (non-hydrogen) atoms. The van der Waals surface area contributed by atoms with Gasteiger partial charge in [-0.1, -0.05) is 27.7 Å². The van der Waals surface area contributed by atoms with Gasteiger partial charge in [0.1, 0.15) is 6.04 Å². The Morgan fingerprint density at radius 3 is 2.15 bits per heavy atom. The van der Waals surface area contributed by atoms with Crippen LogP contribution in [0.25, 0.3) is 0 Å². The van der Waals surface area contributed by atoms with E-state index >= 15 is 0 Å². The molecule has 0 amide bonds. The van der Waals surface area contributed by atoms with Crippen molar-refractivity contribution < 1.29 is 9.53 Å². The third-order valence-corrected chi connectivity index (χ3v) is 1.73. The van der Waals surface area contributed by atoms with Gasteiger partial charge in [-0.2, -0.15) is 0 Å². The maximum Gasteiger partial charge on any atom is 0.322 e. The predicted octanol–water partition coefficient (Wildman–Crippen LogP) is 1.57. The van der Waals surface area contributed by atoms with Gasteiger partial charge in [-0.25, -0.2) is 0 Å². The molecule has 0 heterocycles. The van der Waals surface area contributed by atoms with E-state index in [0.717, 1.165) is 6.42 Å². The van der Waals surface area contributed by atoms with Crippen molar-refractivity contribution in [2.75, 3.05) is 7.11 Å². The molecule has 78 valence electrons. The summed E-state index contributed by atoms with van der Waals surface area (Å²) in [5.74, 6) is 0.331. The standard InChI is InChI=1S/C10H21NO2/c1-7(2)6-9(10(12)13-5)11-8(3)4/h7-9,11H,6H2,1-5H3/t9-/m0/s1. The molecule has 0 aromatic carbocycles. The van der Waals surface area contributed by atoms with Crippen LogP contribution in [0.3, 0.4) is 0 Å². The van der Waals surface area contributed by atoms with Crippen LogP contribution in [0, 0.1) is 5.92 Å². The normalized spacial score (nSPS) is 13.5. The number of ether oxygens (including phenoxy) is 1. The van der Waals surface area contributed by atoms with Gasteiger partial charge in [0.25, 0.3) is 0 Å². The molecule has 0 saturated carbocycles. The number of hydrogen-bond acceptors (Lipinski definition) is 3. The molecule has 0 rings (SSSR count). The fourth-order valence-electron chi connectivity index (χ4n) is 1.25. The second-order valence-corrected chi connectivity index (χ2v) is 4.03. The van der Waals surface area contributed by atoms with Crippen LogP contribution in [0.5, 0.6) is 0 Å². The largest absolute Gasteiger partial charge is 0.468 e. The Balaban J connectivity index is 4.10. The number of esters is 1. The molecule has 0 saturated heterocycles. The summed E-state index contributed by atoms with van der Waals surface area (Å²) < 4.78 is 4.71. The highest BCUT2D eigenvalue weighted by Crippen LogP contribution is 2.06. The average molecular weight is 187 g/mol. The Kier molecular flexibility index (Phi) is 5.71. The van der Waals surface area contributed by atoms with Gasteiger partial charge < -0.3 is 10.1 Å². The highest BCUT2D eigenvalue weighted by molar-refractivity contribution is 5.75. The van der Waals surface area contributed by atoms with Crippen molar-refractivity contribution in [3.8, 4) is 0 Å². The molecule has 0 aliphatic heterocycles. The van der Waals surface area contributed by atoms with Gasteiger partial charge in [0.15, 0.2) is 0 Å². The van der Waals surface area contributed by atoms with E-state index < -0.39 is 0 Å². The van der Waals surface area contributed by atoms with E-state index in [1.54, 1.807) is 0 Å². The van der Waals surface area contributed by atoms with Crippen LogP contribution in [0.2, 0.25) is 0 Å². The number of methoxy groups -OCH3 is 1. The molecule has 0 spiro atoms. The summed E-state index contributed by atoms with van der Waals surface area (Å²) in [6.07, 6.45) is 0.824. The quantitative estimate of drug-likeness (QED) is 0.664. The van der Waals surface area contributed by atoms with E-state index in [9.17, 15) is 4.79 Å². The molecular formula is C10H21NO2. The second-order valence-electron chi connectivity index (χ2n) is 4.03. The fraction of sp³-hybridized carbons (Fsp3) is 0.900. The monoisotopic (exact) mass is 187 g/mol. The first-order valence-electron chi connectivity index (χ1n) is 4.81. The van der Waals surface area contributed by atoms with Gasteiger partial charge in [0, 0.05) is 6.04 Å². The van der Waals surface area contributed by atoms with Crippen molar-refractivity contribution in [1.29, 1.82) is 0 Å². The topological polar surface area (TPSA) is 38.3 Å². The Morgan fingerprint density at radius 2 is 1.85 bits per heavy atom. The zero-order chi connectivity index (χ0) is 10.4. The number of carbonyl (C=O) groups excluding carboxylic acids is 1. The molecular weight excluding hydrogens is 166 g/mol. The van der Waals surface area contributed by atoms with E-state index in [2.05, 4.69) is 19.2 Å². The smallest absolute Gasteiger partial charge is 0.322 e. The van der Waals surface area contributed by atoms with Crippen LogP contribution in [0.4, 0.5) is 0 Å². The van der Waals surface area contributed by atoms with Crippen LogP contribution in [-0.4, -0.2) is 25.2 Å². The summed E-state index contributed by atoms with van der Waals surface area (Å²) in [7, 11) is 1.43. The first-order valence-corrected chi connectivity index (χ1v) is 4.81. The van der Waals surface area contributed by atoms with E-state index in [-0.39, 0.29) is 12.0 Å². The maximum absolute atomic E-state index is 11.3. The van der Waals surface area contributed by atoms with E-state index in [0.29, 0.717) is 12.0 Å². The average Bonchev–Trinajstić information content (AvgIpc) is 2.00. The molecule has 0 bridgehead atoms. The van der Waals surface area contributed by atoms with Crippen LogP contribution in [0.15, 0.2) is 0 Å². The Bertz CT molecular complexity index is 145. The van der Waals surface area contributed by atoms with Crippen molar-refractivity contribution in [3.05, 3.63) is 0 Å². The lowest BCUT2D eigenvalue weighted by Gasteiger charge is -2.20. The van der Waals surface area contributed by atoms with E-state index in [1.165, 1.54) is 7.11 Å². The number of hydrogen-bond donors (Lipinski definition) is 1. The minimum atomic E-state index is -0.164. The zero-order valence-electron chi connectivity index (χ0n) is 9.26. The first kappa shape index (κ1) is 12.4. The van der Waals surface area contributed by atoms with Crippen LogP contribution >= 0.6 is 0 Å². The van der Waals surface area contributed by atoms with Gasteiger partial charge in [0.2, 0.25) is 0 Å². The molecule has 0 aliphatic rings. The van der Waals surface area contributed by atoms with Gasteiger partial charge >= 0.3 is 5.97 Å². The van der Waals surface area contributed by atoms with E-state index in [1.807, 2.05) is 13.8 Å². The summed E-state index contributed by atoms with van der Waals surface area (Å²) in [6, 6.07) is 0.146. The summed E-state index contributed by atoms with van der Waals surface area (Å²) >= 11 is 0. The highest BCUT2D eigenvalue weighted by Gasteiger charge is 2.20. The number of rotatable bonds is 5. The van der Waals surface area contributed by atoms with Crippen LogP contribution in [0.1, 0.15) is 34.1 Å². The van der Waals surface area contributed by atoms with Crippen molar-refractivity contribution in [2.45, 2.75) is 46.2 Å². The minimum Gasteiger partial charge on any atom is -0.468 e. The summed E-state index contributed by atoms with van der Waals surface area (Å²) in [5.41, 5.74) is 0. The lowest BCUT2D eigenvalue weighted by molar-refractivity contribution is -0.143. The molecule has 0 aliphatic carbocycles. The molecule has 0 fully saturated rings. The third-order valence-electron chi connectivity index (χ3n) is 1.73. The second kappa shape index (κ2) is 5.97. The lowest BCUT2D eigenvalue weighted by atomic mass is 10.0. The third kappa shape index (κ3) is 5.64. The molecule has 0 radical (unpaired) electrons. The first-order chi connectivity index (χ1) is 5.97. The Hall–Kier alpha value is -0.570. The maximum atomic E-state index is 11.3. The number of nitrogens with one attached hydrogen (secondary N) is 1. The van der Waals surface area contributed by atoms with Crippen molar-refractivity contribution in [2.24, 2.45) is 5.92 Å². The van der Waals surface area contributed by atoms with Crippen molar-refractivity contribution in [1.82, 2.24) is 5.32 Å². The summed E-state index contributed by atoms with van der Waals surface area (Å²) in [5, 5.41) is 3.19. The summed E-state index contributed by atoms with van der Waals surface area (Å²) in [6.45, 7) is 8.24. The van der Waals surface area contributed by atoms with E-state index in [4.69, 9.17) is 4.74 Å². The van der Waals surface area contributed by atoms with Gasteiger partial charge in [0.05, 0.1) is 7.11 Å². The van der Waals surface area contributed by atoms with Gasteiger partial charge in [-0.15, -0.1) is 0 Å². The molecule has 0 aromatic rings. The van der Waals surface area contributed by atoms with Crippen LogP contribution in [-0.2, 0) is 9.53 Å². The molecule has 1 atom stereocenters. The SMILES string of the molecule is COC(=O)[C@H](CC(C)C)NC(C)C. The fourth-order valence-corrected chi connectivity index (χ4v) is 1.25. The van der Waals surface area contributed by atoms with Crippen LogP contribution < -0.4 is 5.32 Å². The van der Waals surface area contributed by atoms with Gasteiger partial charge in [-0.05, 0) is 12.3 Å². The molecule has 3 nitrogen and oxygen atoms in total. The Labute approximate surface area is 80.8 Å². The zero-order valence-corrected chi connectivity index (χ0v) is 9.26. The molecule has 0 aromatic heterocycles. The Morgan fingerprint density at radius 1 is 1.31 bits per heavy atom. The molecule has 0 unspecified atom stereocenters. The highest BCUT2D eigenvalue weighted by atomic mass is 16.5. The molecule has 1 N–H and O–H groups in total.